The summed E-state index contributed by atoms with van der Waals surface area (Å²) in [6.07, 6.45) is 0. The van der Waals surface area contributed by atoms with Gasteiger partial charge in [0.25, 0.3) is 0 Å². The molecular formula is C25H16Cl6O6P2. The quantitative estimate of drug-likeness (QED) is 0.122. The molecule has 0 unspecified atom stereocenters. The molecule has 0 N–H and O–H groups in total. The van der Waals surface area contributed by atoms with Crippen molar-refractivity contribution in [1.29, 1.82) is 0 Å². The van der Waals surface area contributed by atoms with Gasteiger partial charge in [0.1, 0.15) is 23.0 Å². The molecule has 39 heavy (non-hydrogen) atoms. The third kappa shape index (κ3) is 7.33. The molecule has 0 aliphatic heterocycles. The summed E-state index contributed by atoms with van der Waals surface area (Å²) in [7, 11) is -9.98. The molecule has 14 heteroatoms. The highest BCUT2D eigenvalue weighted by molar-refractivity contribution is 7.80. The Balaban J connectivity index is 1.86. The van der Waals surface area contributed by atoms with Crippen LogP contribution in [0.1, 0.15) is 0 Å². The van der Waals surface area contributed by atoms with E-state index < -0.39 is 19.0 Å². The van der Waals surface area contributed by atoms with Crippen molar-refractivity contribution in [2.75, 3.05) is 0 Å². The Morgan fingerprint density at radius 2 is 0.692 bits per heavy atom. The normalized spacial score (nSPS) is 12.1. The first kappa shape index (κ1) is 30.2. The molecule has 0 saturated carbocycles. The molecule has 4 aromatic rings. The lowest BCUT2D eigenvalue weighted by Crippen LogP contribution is -2.26. The smallest absolute Gasteiger partial charge is 0.414 e. The molecule has 0 radical (unpaired) electrons. The monoisotopic (exact) mass is 684 g/mol. The lowest BCUT2D eigenvalue weighted by atomic mass is 10.3. The van der Waals surface area contributed by atoms with Crippen LogP contribution in [-0.4, -0.2) is 3.82 Å². The Morgan fingerprint density at radius 1 is 0.462 bits per heavy atom. The van der Waals surface area contributed by atoms with Crippen LogP contribution < -0.4 is 18.1 Å². The van der Waals surface area contributed by atoms with Crippen LogP contribution in [0.2, 0.25) is 20.1 Å². The Morgan fingerprint density at radius 3 is 0.897 bits per heavy atom. The van der Waals surface area contributed by atoms with Gasteiger partial charge in [-0.1, -0.05) is 93.9 Å². The van der Waals surface area contributed by atoms with Gasteiger partial charge in [0.2, 0.25) is 0 Å². The van der Waals surface area contributed by atoms with Gasteiger partial charge in [-0.25, -0.2) is 9.13 Å². The molecular weight excluding hydrogens is 671 g/mol. The van der Waals surface area contributed by atoms with Crippen molar-refractivity contribution in [3.63, 3.8) is 0 Å². The van der Waals surface area contributed by atoms with E-state index in [-0.39, 0.29) is 43.1 Å². The summed E-state index contributed by atoms with van der Waals surface area (Å²) in [5.74, 6) is -0.239. The maximum atomic E-state index is 14.6. The zero-order valence-corrected chi connectivity index (χ0v) is 25.7. The molecule has 0 amide bonds. The SMILES string of the molecule is O=P(Oc1cccc(Cl)c1)(Oc1cccc(Cl)c1)C(Cl)(Cl)P(=O)(Oc1cccc(Cl)c1)Oc1cccc(Cl)c1. The van der Waals surface area contributed by atoms with Crippen LogP contribution >= 0.6 is 84.8 Å². The first-order valence-corrected chi connectivity index (χ1v) is 16.1. The van der Waals surface area contributed by atoms with Crippen molar-refractivity contribution in [2.45, 2.75) is 3.82 Å². The first-order chi connectivity index (χ1) is 18.4. The Labute approximate surface area is 254 Å². The van der Waals surface area contributed by atoms with Gasteiger partial charge in [-0.2, -0.15) is 0 Å². The van der Waals surface area contributed by atoms with E-state index in [2.05, 4.69) is 0 Å². The first-order valence-electron chi connectivity index (χ1n) is 10.8. The molecule has 4 aromatic carbocycles. The van der Waals surface area contributed by atoms with Gasteiger partial charge in [-0.05, 0) is 72.8 Å². The summed E-state index contributed by atoms with van der Waals surface area (Å²) in [6, 6.07) is 23.3. The van der Waals surface area contributed by atoms with Gasteiger partial charge in [0.05, 0.1) is 0 Å². The van der Waals surface area contributed by atoms with E-state index in [0.717, 1.165) is 0 Å². The molecule has 204 valence electrons. The van der Waals surface area contributed by atoms with Crippen LogP contribution in [0.25, 0.3) is 0 Å². The molecule has 0 atom stereocenters. The molecule has 0 heterocycles. The fourth-order valence-corrected chi connectivity index (χ4v) is 8.37. The average Bonchev–Trinajstić information content (AvgIpc) is 2.84. The number of benzene rings is 4. The maximum Gasteiger partial charge on any atom is 0.482 e. The van der Waals surface area contributed by atoms with Crippen molar-refractivity contribution >= 4 is 84.8 Å². The van der Waals surface area contributed by atoms with Crippen molar-refractivity contribution in [1.82, 2.24) is 0 Å². The van der Waals surface area contributed by atoms with Crippen LogP contribution in [0.15, 0.2) is 97.1 Å². The summed E-state index contributed by atoms with van der Waals surface area (Å²) >= 11 is 37.8. The predicted octanol–water partition coefficient (Wildman–Crippen LogP) is 11.4. The fraction of sp³-hybridized carbons (Fsp3) is 0.0400. The van der Waals surface area contributed by atoms with Crippen molar-refractivity contribution in [3.05, 3.63) is 117 Å². The number of hydrogen-bond donors (Lipinski definition) is 0. The minimum Gasteiger partial charge on any atom is -0.414 e. The van der Waals surface area contributed by atoms with Gasteiger partial charge in [-0.3, -0.25) is 0 Å². The highest BCUT2D eigenvalue weighted by Crippen LogP contribution is 2.80. The summed E-state index contributed by atoms with van der Waals surface area (Å²) in [5.41, 5.74) is 0. The topological polar surface area (TPSA) is 71.1 Å². The van der Waals surface area contributed by atoms with E-state index in [0.29, 0.717) is 0 Å². The molecule has 6 nitrogen and oxygen atoms in total. The van der Waals surface area contributed by atoms with Gasteiger partial charge in [0, 0.05) is 20.1 Å². The minimum absolute atomic E-state index is 0.0596. The largest absolute Gasteiger partial charge is 0.482 e. The van der Waals surface area contributed by atoms with Crippen LogP contribution in [0.4, 0.5) is 0 Å². The second-order valence-corrected chi connectivity index (χ2v) is 16.2. The van der Waals surface area contributed by atoms with Gasteiger partial charge in [0.15, 0.2) is 0 Å². The molecule has 0 aliphatic rings. The highest BCUT2D eigenvalue weighted by atomic mass is 35.5. The van der Waals surface area contributed by atoms with E-state index in [9.17, 15) is 9.13 Å². The summed E-state index contributed by atoms with van der Waals surface area (Å²) in [5, 5.41) is 0.963. The van der Waals surface area contributed by atoms with E-state index in [1.165, 1.54) is 72.8 Å². The predicted molar refractivity (Wildman–Crippen MR) is 158 cm³/mol. The van der Waals surface area contributed by atoms with Gasteiger partial charge < -0.3 is 18.1 Å². The second-order valence-electron chi connectivity index (χ2n) is 7.70. The van der Waals surface area contributed by atoms with Gasteiger partial charge >= 0.3 is 19.0 Å². The minimum atomic E-state index is -4.99. The zero-order chi connectivity index (χ0) is 28.3. The lowest BCUT2D eigenvalue weighted by molar-refractivity contribution is 0.360. The third-order valence-corrected chi connectivity index (χ3v) is 12.8. The fourth-order valence-electron chi connectivity index (χ4n) is 3.06. The summed E-state index contributed by atoms with van der Waals surface area (Å²) in [4.78, 5) is 0. The Kier molecular flexibility index (Phi) is 9.64. The summed E-state index contributed by atoms with van der Waals surface area (Å²) < 4.78 is 49.0. The zero-order valence-electron chi connectivity index (χ0n) is 19.3. The molecule has 0 aromatic heterocycles. The highest BCUT2D eigenvalue weighted by Gasteiger charge is 2.69. The molecule has 0 saturated heterocycles. The maximum absolute atomic E-state index is 14.6. The van der Waals surface area contributed by atoms with Crippen molar-refractivity contribution < 1.29 is 27.2 Å². The Hall–Kier alpha value is -1.72. The second kappa shape index (κ2) is 12.4. The van der Waals surface area contributed by atoms with Crippen LogP contribution in [0.3, 0.4) is 0 Å². The van der Waals surface area contributed by atoms with Crippen molar-refractivity contribution in [2.24, 2.45) is 0 Å². The third-order valence-electron chi connectivity index (χ3n) is 4.75. The van der Waals surface area contributed by atoms with Gasteiger partial charge in [-0.15, -0.1) is 0 Å². The molecule has 0 spiro atoms. The summed E-state index contributed by atoms with van der Waals surface area (Å²) in [6.45, 7) is 0. The van der Waals surface area contributed by atoms with E-state index in [1.807, 2.05) is 0 Å². The van der Waals surface area contributed by atoms with Crippen molar-refractivity contribution in [3.8, 4) is 23.0 Å². The van der Waals surface area contributed by atoms with E-state index in [4.69, 9.17) is 87.7 Å². The molecule has 0 bridgehead atoms. The van der Waals surface area contributed by atoms with E-state index >= 15 is 0 Å². The molecule has 0 aliphatic carbocycles. The number of rotatable bonds is 10. The van der Waals surface area contributed by atoms with Crippen LogP contribution in [-0.2, 0) is 9.13 Å². The number of halogens is 6. The number of alkyl halides is 2. The van der Waals surface area contributed by atoms with E-state index in [1.54, 1.807) is 24.3 Å². The van der Waals surface area contributed by atoms with Crippen LogP contribution in [0, 0.1) is 0 Å². The Bertz CT molecular complexity index is 1370. The van der Waals surface area contributed by atoms with Crippen LogP contribution in [0.5, 0.6) is 23.0 Å². The standard InChI is InChI=1S/C25H16Cl6O6P2/c26-17-5-1-9-21(13-17)34-38(32,35-22-10-2-6-18(27)14-22)25(30,31)39(33,36-23-11-3-7-19(28)15-23)37-24-12-4-8-20(29)16-24/h1-16H. The molecule has 0 fully saturated rings. The lowest BCUT2D eigenvalue weighted by Gasteiger charge is -2.33. The average molecular weight is 687 g/mol. The molecule has 4 rings (SSSR count). The number of hydrogen-bond acceptors (Lipinski definition) is 6.